The van der Waals surface area contributed by atoms with E-state index in [-0.39, 0.29) is 5.56 Å². The van der Waals surface area contributed by atoms with Gasteiger partial charge in [-0.2, -0.15) is 0 Å². The van der Waals surface area contributed by atoms with Crippen LogP contribution in [0.1, 0.15) is 13.8 Å². The molecule has 3 nitrogen and oxygen atoms in total. The Kier molecular flexibility index (Phi) is 3.96. The average molecular weight is 322 g/mol. The van der Waals surface area contributed by atoms with Crippen LogP contribution in [-0.2, 0) is 6.54 Å². The van der Waals surface area contributed by atoms with Gasteiger partial charge in [-0.05, 0) is 24.1 Å². The largest absolute Gasteiger partial charge is 0.287 e. The van der Waals surface area contributed by atoms with Gasteiger partial charge in [-0.15, -0.1) is 22.7 Å². The predicted octanol–water partition coefficient (Wildman–Crippen LogP) is 4.32. The fraction of sp³-hybridized carbons (Fsp3) is 0.286. The Morgan fingerprint density at radius 3 is 2.85 bits per heavy atom. The van der Waals surface area contributed by atoms with Crippen LogP contribution in [0.15, 0.2) is 32.8 Å². The molecule has 0 aliphatic rings. The Hall–Kier alpha value is -1.11. The number of hydrogen-bond donors (Lipinski definition) is 0. The Bertz CT molecular complexity index is 787. The quantitative estimate of drug-likeness (QED) is 0.530. The summed E-state index contributed by atoms with van der Waals surface area (Å²) in [5.41, 5.74) is 1.10. The van der Waals surface area contributed by atoms with Crippen LogP contribution >= 0.6 is 34.4 Å². The third-order valence-corrected chi connectivity index (χ3v) is 5.67. The van der Waals surface area contributed by atoms with E-state index in [1.54, 1.807) is 39.0 Å². The number of thiophene rings is 2. The van der Waals surface area contributed by atoms with Gasteiger partial charge in [0.15, 0.2) is 5.16 Å². The summed E-state index contributed by atoms with van der Waals surface area (Å²) in [4.78, 5) is 19.4. The maximum absolute atomic E-state index is 12.8. The average Bonchev–Trinajstić information content (AvgIpc) is 3.07. The molecule has 0 N–H and O–H groups in total. The minimum Gasteiger partial charge on any atom is -0.287 e. The van der Waals surface area contributed by atoms with E-state index in [9.17, 15) is 4.79 Å². The van der Waals surface area contributed by atoms with Gasteiger partial charge in [0.05, 0.1) is 5.39 Å². The van der Waals surface area contributed by atoms with E-state index in [2.05, 4.69) is 18.0 Å². The van der Waals surface area contributed by atoms with Crippen LogP contribution in [0.25, 0.3) is 20.7 Å². The summed E-state index contributed by atoms with van der Waals surface area (Å²) in [6.45, 7) is 4.72. The van der Waals surface area contributed by atoms with Crippen molar-refractivity contribution in [2.24, 2.45) is 0 Å². The van der Waals surface area contributed by atoms with E-state index in [1.807, 2.05) is 23.8 Å². The van der Waals surface area contributed by atoms with Crippen molar-refractivity contribution in [2.45, 2.75) is 25.5 Å². The number of fused-ring (bicyclic) bond motifs is 1. The molecule has 6 heteroatoms. The molecule has 0 unspecified atom stereocenters. The molecule has 0 aromatic carbocycles. The van der Waals surface area contributed by atoms with Gasteiger partial charge in [0.25, 0.3) is 5.56 Å². The van der Waals surface area contributed by atoms with Crippen LogP contribution in [-0.4, -0.2) is 15.3 Å². The second-order valence-corrected chi connectivity index (χ2v) is 7.22. The SMILES string of the molecule is CCSc1nc2scc(-c3cccs3)c2c(=O)n1CC. The minimum absolute atomic E-state index is 0.0816. The molecule has 0 atom stereocenters. The molecule has 0 amide bonds. The molecular weight excluding hydrogens is 308 g/mol. The van der Waals surface area contributed by atoms with Gasteiger partial charge in [-0.3, -0.25) is 9.36 Å². The number of nitrogens with zero attached hydrogens (tertiary/aromatic N) is 2. The predicted molar refractivity (Wildman–Crippen MR) is 89.3 cm³/mol. The Balaban J connectivity index is 2.31. The van der Waals surface area contributed by atoms with Crippen molar-refractivity contribution < 1.29 is 0 Å². The van der Waals surface area contributed by atoms with Crippen LogP contribution in [0.2, 0.25) is 0 Å². The van der Waals surface area contributed by atoms with Crippen LogP contribution in [0.3, 0.4) is 0 Å². The second kappa shape index (κ2) is 5.71. The molecule has 0 saturated heterocycles. The van der Waals surface area contributed by atoms with Crippen molar-refractivity contribution >= 4 is 44.7 Å². The molecule has 0 aliphatic heterocycles. The highest BCUT2D eigenvalue weighted by Crippen LogP contribution is 2.34. The van der Waals surface area contributed by atoms with Crippen molar-refractivity contribution in [3.05, 3.63) is 33.2 Å². The third kappa shape index (κ3) is 2.21. The van der Waals surface area contributed by atoms with Gasteiger partial charge in [0.1, 0.15) is 4.83 Å². The molecule has 0 saturated carbocycles. The molecular formula is C14H14N2OS3. The van der Waals surface area contributed by atoms with Crippen LogP contribution in [0.5, 0.6) is 0 Å². The summed E-state index contributed by atoms with van der Waals surface area (Å²) in [6, 6.07) is 4.06. The van der Waals surface area contributed by atoms with Crippen molar-refractivity contribution in [1.29, 1.82) is 0 Å². The first-order valence-corrected chi connectivity index (χ1v) is 9.19. The highest BCUT2D eigenvalue weighted by Gasteiger charge is 2.16. The first-order valence-electron chi connectivity index (χ1n) is 6.45. The number of aromatic nitrogens is 2. The lowest BCUT2D eigenvalue weighted by Gasteiger charge is -2.09. The lowest BCUT2D eigenvalue weighted by atomic mass is 10.2. The number of hydrogen-bond acceptors (Lipinski definition) is 5. The van der Waals surface area contributed by atoms with Gasteiger partial charge in [-0.25, -0.2) is 4.98 Å². The van der Waals surface area contributed by atoms with Crippen molar-refractivity contribution in [1.82, 2.24) is 9.55 Å². The topological polar surface area (TPSA) is 34.9 Å². The second-order valence-electron chi connectivity index (χ2n) is 4.18. The van der Waals surface area contributed by atoms with Gasteiger partial charge in [-0.1, -0.05) is 24.8 Å². The maximum atomic E-state index is 12.8. The molecule has 0 radical (unpaired) electrons. The summed E-state index contributed by atoms with van der Waals surface area (Å²) < 4.78 is 1.78. The molecule has 0 fully saturated rings. The van der Waals surface area contributed by atoms with Gasteiger partial charge in [0.2, 0.25) is 0 Å². The molecule has 0 aliphatic carbocycles. The van der Waals surface area contributed by atoms with E-state index in [4.69, 9.17) is 0 Å². The summed E-state index contributed by atoms with van der Waals surface area (Å²) in [7, 11) is 0. The van der Waals surface area contributed by atoms with Gasteiger partial charge < -0.3 is 0 Å². The standard InChI is InChI=1S/C14H14N2OS3/c1-3-16-13(17)11-9(10-6-5-7-19-10)8-20-12(11)15-14(16)18-4-2/h5-8H,3-4H2,1-2H3. The molecule has 0 bridgehead atoms. The zero-order valence-corrected chi connectivity index (χ0v) is 13.7. The monoisotopic (exact) mass is 322 g/mol. The fourth-order valence-electron chi connectivity index (χ4n) is 2.14. The van der Waals surface area contributed by atoms with Crippen LogP contribution < -0.4 is 5.56 Å². The van der Waals surface area contributed by atoms with Gasteiger partial charge in [0, 0.05) is 22.4 Å². The smallest absolute Gasteiger partial charge is 0.263 e. The van der Waals surface area contributed by atoms with E-state index >= 15 is 0 Å². The third-order valence-electron chi connectivity index (χ3n) is 3.04. The molecule has 20 heavy (non-hydrogen) atoms. The Morgan fingerprint density at radius 1 is 1.35 bits per heavy atom. The summed E-state index contributed by atoms with van der Waals surface area (Å²) in [6.07, 6.45) is 0. The summed E-state index contributed by atoms with van der Waals surface area (Å²) in [5, 5.41) is 5.67. The summed E-state index contributed by atoms with van der Waals surface area (Å²) >= 11 is 4.84. The van der Waals surface area contributed by atoms with E-state index < -0.39 is 0 Å². The minimum atomic E-state index is 0.0816. The lowest BCUT2D eigenvalue weighted by Crippen LogP contribution is -2.22. The first-order chi connectivity index (χ1) is 9.76. The zero-order chi connectivity index (χ0) is 14.1. The normalized spacial score (nSPS) is 11.3. The highest BCUT2D eigenvalue weighted by atomic mass is 32.2. The maximum Gasteiger partial charge on any atom is 0.263 e. The lowest BCUT2D eigenvalue weighted by molar-refractivity contribution is 0.636. The number of rotatable bonds is 4. The molecule has 0 spiro atoms. The van der Waals surface area contributed by atoms with Gasteiger partial charge >= 0.3 is 0 Å². The zero-order valence-electron chi connectivity index (χ0n) is 11.3. The van der Waals surface area contributed by atoms with E-state index in [0.717, 1.165) is 31.6 Å². The molecule has 3 aromatic rings. The molecule has 104 valence electrons. The van der Waals surface area contributed by atoms with Crippen LogP contribution in [0.4, 0.5) is 0 Å². The summed E-state index contributed by atoms with van der Waals surface area (Å²) in [5.74, 6) is 0.918. The van der Waals surface area contributed by atoms with Crippen molar-refractivity contribution in [2.75, 3.05) is 5.75 Å². The number of thioether (sulfide) groups is 1. The molecule has 3 aromatic heterocycles. The molecule has 3 heterocycles. The Morgan fingerprint density at radius 2 is 2.20 bits per heavy atom. The van der Waals surface area contributed by atoms with E-state index in [1.165, 1.54) is 0 Å². The van der Waals surface area contributed by atoms with E-state index in [0.29, 0.717) is 6.54 Å². The first kappa shape index (κ1) is 13.9. The highest BCUT2D eigenvalue weighted by molar-refractivity contribution is 7.99. The molecule has 3 rings (SSSR count). The fourth-order valence-corrected chi connectivity index (χ4v) is 4.73. The van der Waals surface area contributed by atoms with Crippen molar-refractivity contribution in [3.8, 4) is 10.4 Å². The van der Waals surface area contributed by atoms with Crippen LogP contribution in [0, 0.1) is 0 Å². The Labute approximate surface area is 129 Å². The van der Waals surface area contributed by atoms with Crippen molar-refractivity contribution in [3.63, 3.8) is 0 Å².